The van der Waals surface area contributed by atoms with Gasteiger partial charge in [0.25, 0.3) is 0 Å². The molecule has 1 aromatic rings. The summed E-state index contributed by atoms with van der Waals surface area (Å²) in [6.07, 6.45) is 1.68. The summed E-state index contributed by atoms with van der Waals surface area (Å²) in [5.74, 6) is -0.732. The fourth-order valence-electron chi connectivity index (χ4n) is 2.86. The van der Waals surface area contributed by atoms with Crippen LogP contribution in [-0.2, 0) is 21.2 Å². The number of piperidine rings is 1. The highest BCUT2D eigenvalue weighted by molar-refractivity contribution is 7.92. The molecule has 0 aliphatic carbocycles. The first-order valence-electron chi connectivity index (χ1n) is 7.16. The molecule has 1 aliphatic rings. The highest BCUT2D eigenvalue weighted by Crippen LogP contribution is 2.30. The third kappa shape index (κ3) is 3.30. The Kier molecular flexibility index (Phi) is 4.87. The van der Waals surface area contributed by atoms with Gasteiger partial charge in [-0.3, -0.25) is 4.79 Å². The van der Waals surface area contributed by atoms with E-state index in [0.29, 0.717) is 13.1 Å². The van der Waals surface area contributed by atoms with E-state index in [-0.39, 0.29) is 31.1 Å². The number of nitrogens with zero attached hydrogens (tertiary/aromatic N) is 1. The third-order valence-corrected chi connectivity index (χ3v) is 6.19. The first-order valence-corrected chi connectivity index (χ1v) is 9.06. The van der Waals surface area contributed by atoms with E-state index < -0.39 is 14.6 Å². The minimum Gasteiger partial charge on any atom is -0.340 e. The third-order valence-electron chi connectivity index (χ3n) is 4.19. The summed E-state index contributed by atoms with van der Waals surface area (Å²) in [6, 6.07) is 5.83. The topological polar surface area (TPSA) is 66.5 Å². The molecule has 2 rings (SSSR count). The van der Waals surface area contributed by atoms with Gasteiger partial charge in [-0.2, -0.15) is 0 Å². The highest BCUT2D eigenvalue weighted by atomic mass is 32.2. The van der Waals surface area contributed by atoms with Crippen molar-refractivity contribution in [3.05, 3.63) is 35.6 Å². The summed E-state index contributed by atoms with van der Waals surface area (Å²) in [7, 11) is -1.94. The molecule has 1 aliphatic heterocycles. The van der Waals surface area contributed by atoms with Gasteiger partial charge in [-0.1, -0.05) is 12.1 Å². The maximum atomic E-state index is 12.9. The molecule has 0 atom stereocenters. The van der Waals surface area contributed by atoms with Gasteiger partial charge in [0.05, 0.1) is 0 Å². The van der Waals surface area contributed by atoms with Crippen molar-refractivity contribution in [3.8, 4) is 0 Å². The molecule has 0 radical (unpaired) electrons. The predicted molar refractivity (Wildman–Crippen MR) is 82.6 cm³/mol. The van der Waals surface area contributed by atoms with E-state index in [4.69, 9.17) is 0 Å². The van der Waals surface area contributed by atoms with Crippen LogP contribution in [0.5, 0.6) is 0 Å². The molecule has 0 bridgehead atoms. The van der Waals surface area contributed by atoms with Crippen LogP contribution in [0.3, 0.4) is 0 Å². The Morgan fingerprint density at radius 1 is 1.27 bits per heavy atom. The second-order valence-corrected chi connectivity index (χ2v) is 8.13. The molecule has 1 amide bonds. The molecule has 1 saturated heterocycles. The number of carbonyl (C=O) groups is 1. The summed E-state index contributed by atoms with van der Waals surface area (Å²) in [5, 5.41) is 3.08. The standard InChI is InChI=1S/C15H21FN2O3S/c1-18(11-12-3-5-13(16)6-4-12)14(19)15(22(2,20)21)7-9-17-10-8-15/h3-6,17H,7-11H2,1-2H3. The number of hydrogen-bond acceptors (Lipinski definition) is 4. The summed E-state index contributed by atoms with van der Waals surface area (Å²) in [5.41, 5.74) is 0.759. The average molecular weight is 328 g/mol. The Morgan fingerprint density at radius 3 is 2.32 bits per heavy atom. The van der Waals surface area contributed by atoms with Gasteiger partial charge >= 0.3 is 0 Å². The SMILES string of the molecule is CN(Cc1ccc(F)cc1)C(=O)C1(S(C)(=O)=O)CCNCC1. The molecule has 0 unspecified atom stereocenters. The van der Waals surface area contributed by atoms with Crippen molar-refractivity contribution in [1.82, 2.24) is 10.2 Å². The van der Waals surface area contributed by atoms with Crippen LogP contribution in [0, 0.1) is 5.82 Å². The molecule has 1 fully saturated rings. The van der Waals surface area contributed by atoms with Gasteiger partial charge < -0.3 is 10.2 Å². The van der Waals surface area contributed by atoms with Crippen LogP contribution >= 0.6 is 0 Å². The number of rotatable bonds is 4. The van der Waals surface area contributed by atoms with Gasteiger partial charge in [0, 0.05) is 19.8 Å². The molecular formula is C15H21FN2O3S. The van der Waals surface area contributed by atoms with Crippen molar-refractivity contribution in [2.75, 3.05) is 26.4 Å². The van der Waals surface area contributed by atoms with Crippen LogP contribution in [-0.4, -0.2) is 50.4 Å². The lowest BCUT2D eigenvalue weighted by atomic mass is 9.95. The first-order chi connectivity index (χ1) is 10.3. The fraction of sp³-hybridized carbons (Fsp3) is 0.533. The van der Waals surface area contributed by atoms with E-state index in [1.54, 1.807) is 19.2 Å². The number of amides is 1. The van der Waals surface area contributed by atoms with Crippen molar-refractivity contribution < 1.29 is 17.6 Å². The quantitative estimate of drug-likeness (QED) is 0.894. The minimum atomic E-state index is -3.52. The van der Waals surface area contributed by atoms with E-state index in [2.05, 4.69) is 5.32 Å². The maximum Gasteiger partial charge on any atom is 0.244 e. The summed E-state index contributed by atoms with van der Waals surface area (Å²) >= 11 is 0. The molecule has 22 heavy (non-hydrogen) atoms. The van der Waals surface area contributed by atoms with Crippen molar-refractivity contribution in [2.24, 2.45) is 0 Å². The Hall–Kier alpha value is -1.47. The second kappa shape index (κ2) is 6.34. The molecular weight excluding hydrogens is 307 g/mol. The average Bonchev–Trinajstić information content (AvgIpc) is 2.48. The molecule has 5 nitrogen and oxygen atoms in total. The van der Waals surface area contributed by atoms with Crippen LogP contribution in [0.15, 0.2) is 24.3 Å². The minimum absolute atomic E-state index is 0.254. The van der Waals surface area contributed by atoms with E-state index in [9.17, 15) is 17.6 Å². The van der Waals surface area contributed by atoms with Crippen LogP contribution in [0.4, 0.5) is 4.39 Å². The van der Waals surface area contributed by atoms with Crippen LogP contribution in [0.1, 0.15) is 18.4 Å². The van der Waals surface area contributed by atoms with E-state index >= 15 is 0 Å². The second-order valence-electron chi connectivity index (χ2n) is 5.80. The van der Waals surface area contributed by atoms with Gasteiger partial charge in [-0.25, -0.2) is 12.8 Å². The van der Waals surface area contributed by atoms with Crippen LogP contribution < -0.4 is 5.32 Å². The number of halogens is 1. The Balaban J connectivity index is 2.21. The normalized spacial score (nSPS) is 18.0. The molecule has 0 spiro atoms. The van der Waals surface area contributed by atoms with Gasteiger partial charge in [0.2, 0.25) is 5.91 Å². The first kappa shape index (κ1) is 16.9. The lowest BCUT2D eigenvalue weighted by Gasteiger charge is -2.37. The molecule has 1 aromatic carbocycles. The number of sulfone groups is 1. The maximum absolute atomic E-state index is 12.9. The zero-order valence-corrected chi connectivity index (χ0v) is 13.6. The summed E-state index contributed by atoms with van der Waals surface area (Å²) < 4.78 is 36.0. The number of benzene rings is 1. The lowest BCUT2D eigenvalue weighted by molar-refractivity contribution is -0.134. The van der Waals surface area contributed by atoms with Gasteiger partial charge in [0.1, 0.15) is 5.82 Å². The molecule has 122 valence electrons. The van der Waals surface area contributed by atoms with Crippen LogP contribution in [0.25, 0.3) is 0 Å². The molecule has 0 saturated carbocycles. The number of carbonyl (C=O) groups excluding carboxylic acids is 1. The van der Waals surface area contributed by atoms with Crippen molar-refractivity contribution >= 4 is 15.7 Å². The Morgan fingerprint density at radius 2 is 1.82 bits per heavy atom. The largest absolute Gasteiger partial charge is 0.340 e. The Bertz CT molecular complexity index is 637. The highest BCUT2D eigenvalue weighted by Gasteiger charge is 2.49. The zero-order valence-electron chi connectivity index (χ0n) is 12.8. The van der Waals surface area contributed by atoms with Crippen molar-refractivity contribution in [1.29, 1.82) is 0 Å². The van der Waals surface area contributed by atoms with Crippen LogP contribution in [0.2, 0.25) is 0 Å². The Labute approximate surface area is 130 Å². The summed E-state index contributed by atoms with van der Waals surface area (Å²) in [4.78, 5) is 14.2. The number of nitrogens with one attached hydrogen (secondary N) is 1. The van der Waals surface area contributed by atoms with E-state index in [0.717, 1.165) is 11.8 Å². The predicted octanol–water partition coefficient (Wildman–Crippen LogP) is 0.951. The van der Waals surface area contributed by atoms with Gasteiger partial charge in [-0.15, -0.1) is 0 Å². The van der Waals surface area contributed by atoms with Gasteiger partial charge in [0.15, 0.2) is 14.6 Å². The smallest absolute Gasteiger partial charge is 0.244 e. The fourth-order valence-corrected chi connectivity index (χ4v) is 4.28. The zero-order chi connectivity index (χ0) is 16.4. The van der Waals surface area contributed by atoms with Gasteiger partial charge in [-0.05, 0) is 43.6 Å². The van der Waals surface area contributed by atoms with E-state index in [1.165, 1.54) is 17.0 Å². The summed E-state index contributed by atoms with van der Waals surface area (Å²) in [6.45, 7) is 1.26. The molecule has 0 aromatic heterocycles. The van der Waals surface area contributed by atoms with Crippen molar-refractivity contribution in [3.63, 3.8) is 0 Å². The lowest BCUT2D eigenvalue weighted by Crippen LogP contribution is -2.57. The van der Waals surface area contributed by atoms with Crippen molar-refractivity contribution in [2.45, 2.75) is 24.1 Å². The monoisotopic (exact) mass is 328 g/mol. The molecule has 1 N–H and O–H groups in total. The number of hydrogen-bond donors (Lipinski definition) is 1. The van der Waals surface area contributed by atoms with E-state index in [1.807, 2.05) is 0 Å². The molecule has 1 heterocycles. The molecule has 7 heteroatoms.